The van der Waals surface area contributed by atoms with Crippen LogP contribution in [0.5, 0.6) is 0 Å². The third-order valence-electron chi connectivity index (χ3n) is 5.04. The summed E-state index contributed by atoms with van der Waals surface area (Å²) in [7, 11) is 0. The molecule has 0 aliphatic carbocycles. The van der Waals surface area contributed by atoms with Gasteiger partial charge in [-0.1, -0.05) is 26.3 Å². The molecule has 0 aromatic heterocycles. The van der Waals surface area contributed by atoms with Gasteiger partial charge in [0.2, 0.25) is 5.78 Å². The first kappa shape index (κ1) is 19.2. The summed E-state index contributed by atoms with van der Waals surface area (Å²) in [6, 6.07) is 6.24. The molecule has 0 bridgehead atoms. The maximum atomic E-state index is 12.2. The van der Waals surface area contributed by atoms with Gasteiger partial charge in [-0.25, -0.2) is 0 Å². The largest absolute Gasteiger partial charge is 0.309 e. The second-order valence-electron chi connectivity index (χ2n) is 7.07. The lowest BCUT2D eigenvalue weighted by Gasteiger charge is -2.24. The standard InChI is InChI=1S/C20H29N3O2/c1-6-14(4)20-19(18(25)11-24)17(10-21-20)15(5)22-23-16-8-12(2)7-13(3)9-16/h7-9,11,14,19-23H,6,10H2,1-5H3. The SMILES string of the molecule is CCC(C)C1NCC(=C(C)NNc2cc(C)cc(C)c2)C1C(=O)C=O. The molecule has 25 heavy (non-hydrogen) atoms. The first-order chi connectivity index (χ1) is 11.9. The van der Waals surface area contributed by atoms with Crippen LogP contribution in [-0.2, 0) is 9.59 Å². The Morgan fingerprint density at radius 2 is 1.96 bits per heavy atom. The summed E-state index contributed by atoms with van der Waals surface area (Å²) >= 11 is 0. The summed E-state index contributed by atoms with van der Waals surface area (Å²) in [5, 5.41) is 3.41. The zero-order chi connectivity index (χ0) is 18.6. The van der Waals surface area contributed by atoms with Crippen LogP contribution >= 0.6 is 0 Å². The van der Waals surface area contributed by atoms with E-state index in [2.05, 4.69) is 62.1 Å². The lowest BCUT2D eigenvalue weighted by atomic mass is 9.83. The van der Waals surface area contributed by atoms with Crippen LogP contribution in [-0.4, -0.2) is 24.7 Å². The van der Waals surface area contributed by atoms with Crippen molar-refractivity contribution in [2.24, 2.45) is 11.8 Å². The molecule has 0 radical (unpaired) electrons. The highest BCUT2D eigenvalue weighted by Crippen LogP contribution is 2.30. The van der Waals surface area contributed by atoms with Gasteiger partial charge >= 0.3 is 0 Å². The topological polar surface area (TPSA) is 70.2 Å². The molecule has 3 unspecified atom stereocenters. The zero-order valence-corrected chi connectivity index (χ0v) is 15.8. The zero-order valence-electron chi connectivity index (χ0n) is 15.8. The van der Waals surface area contributed by atoms with Crippen molar-refractivity contribution >= 4 is 17.8 Å². The van der Waals surface area contributed by atoms with Crippen LogP contribution in [0.25, 0.3) is 0 Å². The lowest BCUT2D eigenvalue weighted by molar-refractivity contribution is -0.132. The first-order valence-electron chi connectivity index (χ1n) is 8.89. The van der Waals surface area contributed by atoms with Crippen LogP contribution in [0.2, 0.25) is 0 Å². The van der Waals surface area contributed by atoms with Crippen molar-refractivity contribution < 1.29 is 9.59 Å². The van der Waals surface area contributed by atoms with E-state index in [4.69, 9.17) is 0 Å². The molecule has 1 aromatic rings. The number of Topliss-reactive ketones (excluding diaryl/α,β-unsaturated/α-hetero) is 1. The summed E-state index contributed by atoms with van der Waals surface area (Å²) in [4.78, 5) is 23.4. The average Bonchev–Trinajstić information content (AvgIpc) is 3.02. The highest BCUT2D eigenvalue weighted by molar-refractivity contribution is 6.27. The van der Waals surface area contributed by atoms with E-state index < -0.39 is 0 Å². The Morgan fingerprint density at radius 1 is 1.32 bits per heavy atom. The summed E-state index contributed by atoms with van der Waals surface area (Å²) in [5.74, 6) is -0.412. The number of ketones is 1. The van der Waals surface area contributed by atoms with Crippen molar-refractivity contribution in [3.05, 3.63) is 40.6 Å². The van der Waals surface area contributed by atoms with Gasteiger partial charge in [-0.15, -0.1) is 0 Å². The van der Waals surface area contributed by atoms with Crippen molar-refractivity contribution in [3.63, 3.8) is 0 Å². The van der Waals surface area contributed by atoms with Gasteiger partial charge in [-0.2, -0.15) is 0 Å². The molecule has 1 aliphatic heterocycles. The van der Waals surface area contributed by atoms with Gasteiger partial charge in [0.05, 0.1) is 11.6 Å². The van der Waals surface area contributed by atoms with Crippen molar-refractivity contribution in [1.82, 2.24) is 10.7 Å². The highest BCUT2D eigenvalue weighted by atomic mass is 16.2. The van der Waals surface area contributed by atoms with Crippen molar-refractivity contribution in [2.75, 3.05) is 12.0 Å². The number of hydrogen-bond acceptors (Lipinski definition) is 5. The second kappa shape index (κ2) is 8.30. The molecule has 0 amide bonds. The maximum Gasteiger partial charge on any atom is 0.203 e. The lowest BCUT2D eigenvalue weighted by Crippen LogP contribution is -2.38. The molecule has 3 atom stereocenters. The molecule has 1 aliphatic rings. The first-order valence-corrected chi connectivity index (χ1v) is 8.89. The molecule has 1 heterocycles. The fraction of sp³-hybridized carbons (Fsp3) is 0.500. The molecular formula is C20H29N3O2. The fourth-order valence-electron chi connectivity index (χ4n) is 3.54. The molecular weight excluding hydrogens is 314 g/mol. The molecule has 3 N–H and O–H groups in total. The highest BCUT2D eigenvalue weighted by Gasteiger charge is 2.39. The Kier molecular flexibility index (Phi) is 6.37. The molecule has 1 aromatic carbocycles. The van der Waals surface area contributed by atoms with Gasteiger partial charge in [-0.05, 0) is 55.5 Å². The van der Waals surface area contributed by atoms with E-state index in [1.807, 2.05) is 6.92 Å². The van der Waals surface area contributed by atoms with E-state index in [9.17, 15) is 9.59 Å². The van der Waals surface area contributed by atoms with Crippen LogP contribution < -0.4 is 16.2 Å². The quantitative estimate of drug-likeness (QED) is 0.403. The number of carbonyl (C=O) groups is 2. The smallest absolute Gasteiger partial charge is 0.203 e. The van der Waals surface area contributed by atoms with Crippen molar-refractivity contribution in [2.45, 2.75) is 47.1 Å². The van der Waals surface area contributed by atoms with Gasteiger partial charge in [0.1, 0.15) is 0 Å². The Bertz CT molecular complexity index is 661. The minimum Gasteiger partial charge on any atom is -0.309 e. The number of rotatable bonds is 7. The normalized spacial score (nSPS) is 23.1. The van der Waals surface area contributed by atoms with Gasteiger partial charge < -0.3 is 16.2 Å². The Morgan fingerprint density at radius 3 is 2.52 bits per heavy atom. The summed E-state index contributed by atoms with van der Waals surface area (Å²) < 4.78 is 0. The number of benzene rings is 1. The molecule has 5 heteroatoms. The summed E-state index contributed by atoms with van der Waals surface area (Å²) in [6.07, 6.45) is 1.42. The van der Waals surface area contributed by atoms with E-state index >= 15 is 0 Å². The number of allylic oxidation sites excluding steroid dienone is 1. The number of hydrogen-bond donors (Lipinski definition) is 3. The van der Waals surface area contributed by atoms with E-state index in [-0.39, 0.29) is 17.7 Å². The number of anilines is 1. The Labute approximate surface area is 150 Å². The number of hydrazine groups is 1. The second-order valence-corrected chi connectivity index (χ2v) is 7.07. The van der Waals surface area contributed by atoms with Gasteiger partial charge in [0.25, 0.3) is 0 Å². The summed E-state index contributed by atoms with van der Waals surface area (Å²) in [6.45, 7) is 10.9. The third kappa shape index (κ3) is 4.48. The van der Waals surface area contributed by atoms with E-state index in [0.717, 1.165) is 23.4 Å². The maximum absolute atomic E-state index is 12.2. The molecule has 136 valence electrons. The van der Waals surface area contributed by atoms with E-state index in [0.29, 0.717) is 18.7 Å². The molecule has 1 saturated heterocycles. The Hall–Kier alpha value is -2.14. The number of carbonyl (C=O) groups excluding carboxylic acids is 2. The monoisotopic (exact) mass is 343 g/mol. The van der Waals surface area contributed by atoms with E-state index in [1.165, 1.54) is 11.1 Å². The Balaban J connectivity index is 2.20. The average molecular weight is 343 g/mol. The van der Waals surface area contributed by atoms with Crippen molar-refractivity contribution in [3.8, 4) is 0 Å². The molecule has 0 saturated carbocycles. The number of aryl methyl sites for hydroxylation is 2. The molecule has 5 nitrogen and oxygen atoms in total. The molecule has 1 fully saturated rings. The third-order valence-corrected chi connectivity index (χ3v) is 5.04. The van der Waals surface area contributed by atoms with Crippen LogP contribution in [0.3, 0.4) is 0 Å². The fourth-order valence-corrected chi connectivity index (χ4v) is 3.54. The van der Waals surface area contributed by atoms with Crippen LogP contribution in [0.15, 0.2) is 29.5 Å². The van der Waals surface area contributed by atoms with Gasteiger partial charge in [-0.3, -0.25) is 9.59 Å². The molecule has 2 rings (SSSR count). The predicted octanol–water partition coefficient (Wildman–Crippen LogP) is 2.90. The number of nitrogens with one attached hydrogen (secondary N) is 3. The van der Waals surface area contributed by atoms with Gasteiger partial charge in [0.15, 0.2) is 6.29 Å². The number of aldehydes is 1. The predicted molar refractivity (Wildman–Crippen MR) is 101 cm³/mol. The van der Waals surface area contributed by atoms with Crippen LogP contribution in [0, 0.1) is 25.7 Å². The van der Waals surface area contributed by atoms with E-state index in [1.54, 1.807) is 0 Å². The van der Waals surface area contributed by atoms with Crippen molar-refractivity contribution in [1.29, 1.82) is 0 Å². The van der Waals surface area contributed by atoms with Crippen LogP contribution in [0.1, 0.15) is 38.3 Å². The van der Waals surface area contributed by atoms with Crippen LogP contribution in [0.4, 0.5) is 5.69 Å². The summed E-state index contributed by atoms with van der Waals surface area (Å²) in [5.41, 5.74) is 11.6. The minimum absolute atomic E-state index is 0.00987. The molecule has 0 spiro atoms. The minimum atomic E-state index is -0.388. The van der Waals surface area contributed by atoms with Gasteiger partial charge in [0, 0.05) is 18.3 Å².